The maximum atomic E-state index is 13.4. The number of hydrogen-bond donors (Lipinski definition) is 1. The summed E-state index contributed by atoms with van der Waals surface area (Å²) in [5, 5.41) is 2.74. The highest BCUT2D eigenvalue weighted by atomic mass is 32.2. The Morgan fingerprint density at radius 3 is 2.48 bits per heavy atom. The molecule has 0 fully saturated rings. The van der Waals surface area contributed by atoms with E-state index < -0.39 is 11.6 Å². The highest BCUT2D eigenvalue weighted by Crippen LogP contribution is 2.22. The van der Waals surface area contributed by atoms with Crippen LogP contribution in [0.2, 0.25) is 0 Å². The number of anilines is 1. The van der Waals surface area contributed by atoms with Gasteiger partial charge >= 0.3 is 0 Å². The zero-order valence-corrected chi connectivity index (χ0v) is 12.3. The van der Waals surface area contributed by atoms with E-state index in [1.807, 2.05) is 24.3 Å². The number of aryl methyl sites for hydroxylation is 1. The molecule has 0 saturated heterocycles. The molecule has 0 aliphatic rings. The molecule has 0 atom stereocenters. The van der Waals surface area contributed by atoms with E-state index in [0.29, 0.717) is 5.69 Å². The van der Waals surface area contributed by atoms with Gasteiger partial charge in [-0.2, -0.15) is 0 Å². The first-order valence-corrected chi connectivity index (χ1v) is 7.53. The van der Waals surface area contributed by atoms with Gasteiger partial charge in [0.1, 0.15) is 11.6 Å². The van der Waals surface area contributed by atoms with Crippen LogP contribution in [0.25, 0.3) is 0 Å². The lowest BCUT2D eigenvalue weighted by atomic mass is 10.1. The second kappa shape index (κ2) is 7.22. The van der Waals surface area contributed by atoms with E-state index in [1.165, 1.54) is 17.7 Å². The van der Waals surface area contributed by atoms with Crippen LogP contribution in [0.4, 0.5) is 14.5 Å². The fourth-order valence-corrected chi connectivity index (χ4v) is 2.48. The van der Waals surface area contributed by atoms with Gasteiger partial charge in [0, 0.05) is 16.6 Å². The molecule has 1 N–H and O–H groups in total. The Morgan fingerprint density at radius 1 is 1.14 bits per heavy atom. The molecule has 21 heavy (non-hydrogen) atoms. The first-order valence-electron chi connectivity index (χ1n) is 6.55. The molecule has 2 nitrogen and oxygen atoms in total. The van der Waals surface area contributed by atoms with Crippen LogP contribution in [-0.2, 0) is 11.2 Å². The highest BCUT2D eigenvalue weighted by Gasteiger charge is 2.08. The summed E-state index contributed by atoms with van der Waals surface area (Å²) in [6, 6.07) is 10.9. The summed E-state index contributed by atoms with van der Waals surface area (Å²) in [6.45, 7) is 2.06. The zero-order chi connectivity index (χ0) is 15.2. The van der Waals surface area contributed by atoms with Crippen molar-refractivity contribution in [2.24, 2.45) is 0 Å². The number of carbonyl (C=O) groups excluding carboxylic acids is 1. The third-order valence-corrected chi connectivity index (χ3v) is 3.95. The van der Waals surface area contributed by atoms with Crippen molar-refractivity contribution < 1.29 is 13.6 Å². The SMILES string of the molecule is CCc1ccc(NC(=O)CSc2ccc(F)cc2F)cc1. The van der Waals surface area contributed by atoms with Crippen LogP contribution in [0.15, 0.2) is 47.4 Å². The summed E-state index contributed by atoms with van der Waals surface area (Å²) in [5.74, 6) is -1.44. The molecule has 0 saturated carbocycles. The molecule has 110 valence electrons. The van der Waals surface area contributed by atoms with Crippen molar-refractivity contribution in [3.05, 3.63) is 59.7 Å². The average Bonchev–Trinajstić information content (AvgIpc) is 2.47. The lowest BCUT2D eigenvalue weighted by Crippen LogP contribution is -2.14. The molecule has 0 bridgehead atoms. The van der Waals surface area contributed by atoms with Crippen molar-refractivity contribution in [3.8, 4) is 0 Å². The molecule has 0 unspecified atom stereocenters. The predicted molar refractivity (Wildman–Crippen MR) is 81.5 cm³/mol. The van der Waals surface area contributed by atoms with Crippen LogP contribution in [0.1, 0.15) is 12.5 Å². The largest absolute Gasteiger partial charge is 0.325 e. The van der Waals surface area contributed by atoms with Gasteiger partial charge in [-0.3, -0.25) is 4.79 Å². The molecule has 1 amide bonds. The van der Waals surface area contributed by atoms with Crippen molar-refractivity contribution in [3.63, 3.8) is 0 Å². The van der Waals surface area contributed by atoms with Crippen LogP contribution < -0.4 is 5.32 Å². The van der Waals surface area contributed by atoms with Gasteiger partial charge in [-0.1, -0.05) is 19.1 Å². The van der Waals surface area contributed by atoms with Crippen LogP contribution in [0.3, 0.4) is 0 Å². The average molecular weight is 307 g/mol. The molecule has 2 aromatic rings. The fourth-order valence-electron chi connectivity index (χ4n) is 1.76. The number of thioether (sulfide) groups is 1. The topological polar surface area (TPSA) is 29.1 Å². The Balaban J connectivity index is 1.89. The standard InChI is InChI=1S/C16H15F2NOS/c1-2-11-3-6-13(7-4-11)19-16(20)10-21-15-8-5-12(17)9-14(15)18/h3-9H,2,10H2,1H3,(H,19,20). The molecular formula is C16H15F2NOS. The lowest BCUT2D eigenvalue weighted by Gasteiger charge is -2.06. The minimum atomic E-state index is -0.653. The molecule has 0 aromatic heterocycles. The van der Waals surface area contributed by atoms with Gasteiger partial charge in [-0.15, -0.1) is 11.8 Å². The van der Waals surface area contributed by atoms with Crippen molar-refractivity contribution >= 4 is 23.4 Å². The summed E-state index contributed by atoms with van der Waals surface area (Å²) in [4.78, 5) is 12.0. The molecule has 0 aliphatic heterocycles. The molecular weight excluding hydrogens is 292 g/mol. The van der Waals surface area contributed by atoms with E-state index in [-0.39, 0.29) is 16.6 Å². The number of carbonyl (C=O) groups is 1. The molecule has 2 rings (SSSR count). The van der Waals surface area contributed by atoms with Gasteiger partial charge in [-0.05, 0) is 36.2 Å². The lowest BCUT2D eigenvalue weighted by molar-refractivity contribution is -0.113. The first kappa shape index (κ1) is 15.5. The Morgan fingerprint density at radius 2 is 1.86 bits per heavy atom. The Kier molecular flexibility index (Phi) is 5.33. The fraction of sp³-hybridized carbons (Fsp3) is 0.188. The van der Waals surface area contributed by atoms with Crippen LogP contribution in [0.5, 0.6) is 0 Å². The van der Waals surface area contributed by atoms with Gasteiger partial charge in [0.25, 0.3) is 0 Å². The molecule has 0 radical (unpaired) electrons. The van der Waals surface area contributed by atoms with Crippen LogP contribution in [0, 0.1) is 11.6 Å². The van der Waals surface area contributed by atoms with Crippen molar-refractivity contribution in [2.45, 2.75) is 18.2 Å². The summed E-state index contributed by atoms with van der Waals surface area (Å²) >= 11 is 1.04. The number of amides is 1. The van der Waals surface area contributed by atoms with E-state index in [2.05, 4.69) is 12.2 Å². The van der Waals surface area contributed by atoms with Gasteiger partial charge in [-0.25, -0.2) is 8.78 Å². The minimum Gasteiger partial charge on any atom is -0.325 e. The first-order chi connectivity index (χ1) is 10.1. The number of benzene rings is 2. The number of nitrogens with one attached hydrogen (secondary N) is 1. The highest BCUT2D eigenvalue weighted by molar-refractivity contribution is 8.00. The van der Waals surface area contributed by atoms with Gasteiger partial charge in [0.2, 0.25) is 5.91 Å². The summed E-state index contributed by atoms with van der Waals surface area (Å²) in [6.07, 6.45) is 0.938. The minimum absolute atomic E-state index is 0.0675. The van der Waals surface area contributed by atoms with Gasteiger partial charge in [0.05, 0.1) is 5.75 Å². The van der Waals surface area contributed by atoms with Crippen molar-refractivity contribution in [1.82, 2.24) is 0 Å². The van der Waals surface area contributed by atoms with E-state index in [0.717, 1.165) is 24.2 Å². The number of rotatable bonds is 5. The van der Waals surface area contributed by atoms with E-state index >= 15 is 0 Å². The Bertz CT molecular complexity index is 629. The molecule has 0 aliphatic carbocycles. The maximum Gasteiger partial charge on any atom is 0.234 e. The van der Waals surface area contributed by atoms with E-state index in [9.17, 15) is 13.6 Å². The normalized spacial score (nSPS) is 10.4. The summed E-state index contributed by atoms with van der Waals surface area (Å²) < 4.78 is 26.2. The monoisotopic (exact) mass is 307 g/mol. The number of halogens is 2. The van der Waals surface area contributed by atoms with Gasteiger partial charge < -0.3 is 5.32 Å². The number of hydrogen-bond acceptors (Lipinski definition) is 2. The summed E-state index contributed by atoms with van der Waals surface area (Å²) in [7, 11) is 0. The van der Waals surface area contributed by atoms with E-state index in [4.69, 9.17) is 0 Å². The molecule has 5 heteroatoms. The van der Waals surface area contributed by atoms with Gasteiger partial charge in [0.15, 0.2) is 0 Å². The predicted octanol–water partition coefficient (Wildman–Crippen LogP) is 4.26. The van der Waals surface area contributed by atoms with Crippen molar-refractivity contribution in [1.29, 1.82) is 0 Å². The molecule has 2 aromatic carbocycles. The van der Waals surface area contributed by atoms with Crippen molar-refractivity contribution in [2.75, 3.05) is 11.1 Å². The third-order valence-electron chi connectivity index (χ3n) is 2.90. The second-order valence-corrected chi connectivity index (χ2v) is 5.48. The molecule has 0 heterocycles. The Labute approximate surface area is 126 Å². The smallest absolute Gasteiger partial charge is 0.234 e. The Hall–Kier alpha value is -1.88. The molecule has 0 spiro atoms. The third kappa shape index (κ3) is 4.56. The second-order valence-electron chi connectivity index (χ2n) is 4.46. The summed E-state index contributed by atoms with van der Waals surface area (Å²) in [5.41, 5.74) is 1.90. The van der Waals surface area contributed by atoms with Crippen LogP contribution >= 0.6 is 11.8 Å². The van der Waals surface area contributed by atoms with E-state index in [1.54, 1.807) is 0 Å². The van der Waals surface area contributed by atoms with Crippen LogP contribution in [-0.4, -0.2) is 11.7 Å². The zero-order valence-electron chi connectivity index (χ0n) is 11.5. The quantitative estimate of drug-likeness (QED) is 0.836. The maximum absolute atomic E-state index is 13.4.